The van der Waals surface area contributed by atoms with Crippen LogP contribution in [0.3, 0.4) is 0 Å². The lowest BCUT2D eigenvalue weighted by Gasteiger charge is -2.30. The minimum Gasteiger partial charge on any atom is -0.512 e. The Hall–Kier alpha value is -3.64. The number of rotatable bonds is 7. The number of allylic oxidation sites excluding steroid dienone is 4. The molecule has 0 aromatic heterocycles. The number of phenols is 1. The smallest absolute Gasteiger partial charge is 0.132 e. The van der Waals surface area contributed by atoms with E-state index < -0.39 is 0 Å². The maximum absolute atomic E-state index is 11.7. The van der Waals surface area contributed by atoms with Gasteiger partial charge in [0, 0.05) is 52.9 Å². The zero-order valence-corrected chi connectivity index (χ0v) is 22.0. The molecule has 0 saturated heterocycles. The summed E-state index contributed by atoms with van der Waals surface area (Å²) in [4.78, 5) is 2.40. The second-order valence-electron chi connectivity index (χ2n) is 10.2. The monoisotopic (exact) mass is 501 g/mol. The highest BCUT2D eigenvalue weighted by Gasteiger charge is 2.31. The number of ether oxygens (including phenoxy) is 3. The van der Waals surface area contributed by atoms with Crippen molar-refractivity contribution in [2.24, 2.45) is 0 Å². The Balaban J connectivity index is 1.50. The van der Waals surface area contributed by atoms with Gasteiger partial charge in [-0.25, -0.2) is 0 Å². The normalized spacial score (nSPS) is 16.1. The number of aliphatic hydroxyl groups is 1. The second-order valence-corrected chi connectivity index (χ2v) is 10.2. The van der Waals surface area contributed by atoms with Crippen LogP contribution in [0.5, 0.6) is 17.2 Å². The maximum Gasteiger partial charge on any atom is 0.132 e. The molecule has 6 nitrogen and oxygen atoms in total. The molecule has 2 aliphatic heterocycles. The first-order chi connectivity index (χ1) is 17.8. The minimum absolute atomic E-state index is 0.146. The van der Waals surface area contributed by atoms with Crippen LogP contribution < -0.4 is 9.47 Å². The van der Waals surface area contributed by atoms with E-state index >= 15 is 0 Å². The summed E-state index contributed by atoms with van der Waals surface area (Å²) in [5.74, 6) is 1.84. The number of phenolic OH excluding ortho intramolecular Hbond substituents is 1. The lowest BCUT2D eigenvalue weighted by molar-refractivity contribution is 0.142. The van der Waals surface area contributed by atoms with E-state index in [-0.39, 0.29) is 17.9 Å². The molecule has 2 N–H and O–H groups in total. The number of aliphatic hydroxyl groups excluding tert-OH is 1. The third-order valence-corrected chi connectivity index (χ3v) is 7.12. The second kappa shape index (κ2) is 10.4. The van der Waals surface area contributed by atoms with Crippen molar-refractivity contribution in [3.63, 3.8) is 0 Å². The fourth-order valence-corrected chi connectivity index (χ4v) is 5.46. The molecular weight excluding hydrogens is 466 g/mol. The van der Waals surface area contributed by atoms with Gasteiger partial charge in [0.05, 0.1) is 12.0 Å². The third kappa shape index (κ3) is 4.86. The van der Waals surface area contributed by atoms with Crippen molar-refractivity contribution >= 4 is 11.6 Å². The number of aromatic hydroxyl groups is 1. The molecule has 0 saturated carbocycles. The molecule has 0 spiro atoms. The number of hydrogen-bond donors (Lipinski definition) is 2. The highest BCUT2D eigenvalue weighted by atomic mass is 16.5. The zero-order valence-electron chi connectivity index (χ0n) is 22.0. The summed E-state index contributed by atoms with van der Waals surface area (Å²) >= 11 is 0. The van der Waals surface area contributed by atoms with E-state index in [2.05, 4.69) is 32.6 Å². The maximum atomic E-state index is 11.7. The van der Waals surface area contributed by atoms with Crippen LogP contribution in [0.2, 0.25) is 0 Å². The average Bonchev–Trinajstić information content (AvgIpc) is 3.03. The minimum atomic E-state index is 0.146. The van der Waals surface area contributed by atoms with Crippen molar-refractivity contribution in [3.8, 4) is 28.4 Å². The highest BCUT2D eigenvalue weighted by Crippen LogP contribution is 2.51. The predicted molar refractivity (Wildman–Crippen MR) is 147 cm³/mol. The molecule has 37 heavy (non-hydrogen) atoms. The van der Waals surface area contributed by atoms with Crippen LogP contribution in [-0.4, -0.2) is 53.6 Å². The largest absolute Gasteiger partial charge is 0.512 e. The average molecular weight is 502 g/mol. The van der Waals surface area contributed by atoms with E-state index in [4.69, 9.17) is 14.2 Å². The van der Waals surface area contributed by atoms with Crippen LogP contribution in [0.1, 0.15) is 44.4 Å². The number of hydrogen-bond acceptors (Lipinski definition) is 6. The fourth-order valence-electron chi connectivity index (χ4n) is 5.46. The Kier molecular flexibility index (Phi) is 7.02. The molecule has 5 rings (SSSR count). The van der Waals surface area contributed by atoms with Gasteiger partial charge in [-0.05, 0) is 69.2 Å². The van der Waals surface area contributed by atoms with Gasteiger partial charge in [0.2, 0.25) is 0 Å². The first-order valence-corrected chi connectivity index (χ1v) is 13.0. The molecule has 2 heterocycles. The summed E-state index contributed by atoms with van der Waals surface area (Å²) in [6.07, 6.45) is 9.50. The predicted octanol–water partition coefficient (Wildman–Crippen LogP) is 6.26. The molecule has 1 aliphatic carbocycles. The molecule has 0 radical (unpaired) electrons. The van der Waals surface area contributed by atoms with Crippen LogP contribution in [-0.2, 0) is 11.2 Å². The van der Waals surface area contributed by atoms with Crippen molar-refractivity contribution in [2.45, 2.75) is 46.2 Å². The Morgan fingerprint density at radius 3 is 2.49 bits per heavy atom. The third-order valence-electron chi connectivity index (χ3n) is 7.12. The van der Waals surface area contributed by atoms with E-state index in [0.29, 0.717) is 48.8 Å². The number of fused-ring (bicyclic) bond motifs is 5. The first kappa shape index (κ1) is 25.0. The van der Waals surface area contributed by atoms with E-state index in [9.17, 15) is 10.2 Å². The molecule has 2 aromatic carbocycles. The van der Waals surface area contributed by atoms with Crippen LogP contribution >= 0.6 is 0 Å². The highest BCUT2D eigenvalue weighted by molar-refractivity contribution is 5.96. The number of benzene rings is 2. The molecule has 3 aliphatic rings. The summed E-state index contributed by atoms with van der Waals surface area (Å²) in [7, 11) is 0. The van der Waals surface area contributed by atoms with Gasteiger partial charge < -0.3 is 24.4 Å². The van der Waals surface area contributed by atoms with Gasteiger partial charge in [0.15, 0.2) is 0 Å². The molecule has 6 heteroatoms. The Labute approximate surface area is 218 Å². The summed E-state index contributed by atoms with van der Waals surface area (Å²) in [6, 6.07) is 8.74. The lowest BCUT2D eigenvalue weighted by atomic mass is 9.85. The summed E-state index contributed by atoms with van der Waals surface area (Å²) in [6.45, 7) is 11.1. The van der Waals surface area contributed by atoms with Crippen molar-refractivity contribution in [2.75, 3.05) is 26.4 Å². The van der Waals surface area contributed by atoms with Crippen LogP contribution in [0.15, 0.2) is 60.1 Å². The zero-order chi connectivity index (χ0) is 26.1. The van der Waals surface area contributed by atoms with E-state index in [1.807, 2.05) is 42.5 Å². The SMILES string of the molecule is CC(C)N(CCOc1ccc(-c2c(O)c3c(c4c2C=CCO4)CC(O)=CC2=CCOC=C23)cc1)C(C)C. The number of nitrogens with zero attached hydrogens (tertiary/aromatic N) is 1. The van der Waals surface area contributed by atoms with Crippen molar-refractivity contribution < 1.29 is 24.4 Å². The van der Waals surface area contributed by atoms with Gasteiger partial charge >= 0.3 is 0 Å². The van der Waals surface area contributed by atoms with E-state index in [0.717, 1.165) is 40.1 Å². The Morgan fingerprint density at radius 1 is 1.00 bits per heavy atom. The van der Waals surface area contributed by atoms with Gasteiger partial charge in [0.1, 0.15) is 37.1 Å². The van der Waals surface area contributed by atoms with Gasteiger partial charge in [-0.2, -0.15) is 0 Å². The van der Waals surface area contributed by atoms with Crippen LogP contribution in [0, 0.1) is 0 Å². The summed E-state index contributed by atoms with van der Waals surface area (Å²) in [5, 5.41) is 22.3. The lowest BCUT2D eigenvalue weighted by Crippen LogP contribution is -2.39. The van der Waals surface area contributed by atoms with Crippen LogP contribution in [0.25, 0.3) is 22.8 Å². The van der Waals surface area contributed by atoms with Crippen molar-refractivity contribution in [3.05, 3.63) is 76.8 Å². The van der Waals surface area contributed by atoms with Gasteiger partial charge in [-0.1, -0.05) is 18.2 Å². The molecule has 0 atom stereocenters. The molecular formula is C31H35NO5. The molecule has 2 aromatic rings. The van der Waals surface area contributed by atoms with Gasteiger partial charge in [-0.3, -0.25) is 4.90 Å². The topological polar surface area (TPSA) is 71.4 Å². The van der Waals surface area contributed by atoms with Crippen molar-refractivity contribution in [1.29, 1.82) is 0 Å². The van der Waals surface area contributed by atoms with Gasteiger partial charge in [-0.15, -0.1) is 0 Å². The molecule has 194 valence electrons. The Bertz CT molecular complexity index is 1290. The fraction of sp³-hybridized carbons (Fsp3) is 0.355. The molecule has 0 amide bonds. The van der Waals surface area contributed by atoms with Crippen molar-refractivity contribution in [1.82, 2.24) is 4.90 Å². The molecule has 0 bridgehead atoms. The van der Waals surface area contributed by atoms with Crippen LogP contribution in [0.4, 0.5) is 0 Å². The first-order valence-electron chi connectivity index (χ1n) is 13.0. The van der Waals surface area contributed by atoms with E-state index in [1.165, 1.54) is 0 Å². The summed E-state index contributed by atoms with van der Waals surface area (Å²) in [5.41, 5.74) is 5.31. The van der Waals surface area contributed by atoms with Gasteiger partial charge in [0.25, 0.3) is 0 Å². The molecule has 0 fully saturated rings. The standard InChI is InChI=1S/C31H35NO5/c1-19(2)32(20(3)4)12-15-36-24-9-7-21(8-10-24)28-25-6-5-13-37-31(25)26-17-23(33)16-22-11-14-35-18-27(22)29(26)30(28)34/h5-11,16,18-20,33-34H,12-15,17H2,1-4H3. The Morgan fingerprint density at radius 2 is 1.76 bits per heavy atom. The molecule has 0 unspecified atom stereocenters. The van der Waals surface area contributed by atoms with E-state index in [1.54, 1.807) is 12.3 Å². The summed E-state index contributed by atoms with van der Waals surface area (Å²) < 4.78 is 17.8. The quantitative estimate of drug-likeness (QED) is 0.467.